The van der Waals surface area contributed by atoms with Crippen LogP contribution in [-0.2, 0) is 0 Å². The Morgan fingerprint density at radius 2 is 1.80 bits per heavy atom. The Hall–Kier alpha value is -2.60. The van der Waals surface area contributed by atoms with Gasteiger partial charge in [-0.3, -0.25) is 0 Å². The predicted octanol–water partition coefficient (Wildman–Crippen LogP) is 7.58. The van der Waals surface area contributed by atoms with Crippen molar-refractivity contribution < 1.29 is 0 Å². The Morgan fingerprint density at radius 3 is 2.48 bits per heavy atom. The van der Waals surface area contributed by atoms with Gasteiger partial charge in [0.15, 0.2) is 0 Å². The summed E-state index contributed by atoms with van der Waals surface area (Å²) in [6.45, 7) is 12.3. The Labute approximate surface area is 152 Å². The van der Waals surface area contributed by atoms with Crippen LogP contribution in [0.15, 0.2) is 90.6 Å². The molecule has 0 amide bonds. The highest BCUT2D eigenvalue weighted by molar-refractivity contribution is 6.00. The molecule has 0 fully saturated rings. The van der Waals surface area contributed by atoms with E-state index >= 15 is 0 Å². The maximum Gasteiger partial charge on any atom is -0.00706 e. The summed E-state index contributed by atoms with van der Waals surface area (Å²) in [6, 6.07) is 13.1. The minimum atomic E-state index is 0.969. The van der Waals surface area contributed by atoms with Gasteiger partial charge in [0, 0.05) is 0 Å². The molecule has 0 unspecified atom stereocenters. The summed E-state index contributed by atoms with van der Waals surface area (Å²) in [5.41, 5.74) is 6.61. The fraction of sp³-hybridized carbons (Fsp3) is 0.200. The van der Waals surface area contributed by atoms with Crippen LogP contribution in [0, 0.1) is 6.92 Å². The third-order valence-corrected chi connectivity index (χ3v) is 4.35. The molecule has 0 saturated carbocycles. The fourth-order valence-corrected chi connectivity index (χ4v) is 3.28. The van der Waals surface area contributed by atoms with Crippen molar-refractivity contribution in [2.45, 2.75) is 34.1 Å². The van der Waals surface area contributed by atoms with Crippen LogP contribution < -0.4 is 0 Å². The third kappa shape index (κ3) is 4.09. The third-order valence-electron chi connectivity index (χ3n) is 4.35. The van der Waals surface area contributed by atoms with Gasteiger partial charge in [0.25, 0.3) is 0 Å². The summed E-state index contributed by atoms with van der Waals surface area (Å²) in [5, 5.41) is 2.60. The highest BCUT2D eigenvalue weighted by Gasteiger charge is 2.15. The molecule has 0 N–H and O–H groups in total. The van der Waals surface area contributed by atoms with E-state index in [1.807, 2.05) is 19.9 Å². The van der Waals surface area contributed by atoms with Gasteiger partial charge in [-0.05, 0) is 58.9 Å². The van der Waals surface area contributed by atoms with Crippen LogP contribution in [0.3, 0.4) is 0 Å². The van der Waals surface area contributed by atoms with Crippen LogP contribution in [0.5, 0.6) is 0 Å². The first-order valence-electron chi connectivity index (χ1n) is 9.07. The van der Waals surface area contributed by atoms with Gasteiger partial charge in [0.05, 0.1) is 0 Å². The second-order valence-corrected chi connectivity index (χ2v) is 5.96. The molecule has 1 aliphatic rings. The first-order chi connectivity index (χ1) is 12.2. The van der Waals surface area contributed by atoms with Crippen molar-refractivity contribution in [1.29, 1.82) is 0 Å². The van der Waals surface area contributed by atoms with Crippen molar-refractivity contribution in [2.75, 3.05) is 0 Å². The van der Waals surface area contributed by atoms with Crippen LogP contribution in [0.2, 0.25) is 0 Å². The van der Waals surface area contributed by atoms with Gasteiger partial charge in [-0.25, -0.2) is 0 Å². The fourth-order valence-electron chi connectivity index (χ4n) is 3.28. The van der Waals surface area contributed by atoms with Gasteiger partial charge < -0.3 is 0 Å². The molecule has 0 atom stereocenters. The summed E-state index contributed by atoms with van der Waals surface area (Å²) < 4.78 is 0. The Bertz CT molecular complexity index is 870. The van der Waals surface area contributed by atoms with E-state index in [1.54, 1.807) is 0 Å². The number of benzene rings is 2. The molecule has 2 aromatic carbocycles. The molecule has 128 valence electrons. The average Bonchev–Trinajstić information content (AvgIpc) is 2.66. The monoisotopic (exact) mass is 328 g/mol. The van der Waals surface area contributed by atoms with Gasteiger partial charge in [-0.1, -0.05) is 93.3 Å². The zero-order chi connectivity index (χ0) is 18.2. The number of aryl methyl sites for hydroxylation is 1. The molecular formula is C25H28. The van der Waals surface area contributed by atoms with Gasteiger partial charge in [-0.15, -0.1) is 0 Å². The zero-order valence-electron chi connectivity index (χ0n) is 15.8. The molecule has 1 aliphatic carbocycles. The van der Waals surface area contributed by atoms with Crippen LogP contribution in [-0.4, -0.2) is 0 Å². The van der Waals surface area contributed by atoms with Gasteiger partial charge in [0.2, 0.25) is 0 Å². The highest BCUT2D eigenvalue weighted by atomic mass is 14.2. The minimum Gasteiger partial charge on any atom is -0.0991 e. The molecule has 0 heteroatoms. The van der Waals surface area contributed by atoms with E-state index in [0.717, 1.165) is 6.42 Å². The second-order valence-electron chi connectivity index (χ2n) is 5.96. The lowest BCUT2D eigenvalue weighted by Gasteiger charge is -2.19. The van der Waals surface area contributed by atoms with Gasteiger partial charge in [-0.2, -0.15) is 0 Å². The maximum absolute atomic E-state index is 3.88. The molecule has 0 saturated heterocycles. The van der Waals surface area contributed by atoms with E-state index in [2.05, 4.69) is 87.2 Å². The number of rotatable bonds is 3. The molecule has 0 nitrogen and oxygen atoms in total. The number of fused-ring (bicyclic) bond motifs is 1. The quantitative estimate of drug-likeness (QED) is 0.509. The Morgan fingerprint density at radius 1 is 1.04 bits per heavy atom. The number of allylic oxidation sites excluding steroid dienone is 9. The largest absolute Gasteiger partial charge is 0.0991 e. The molecule has 0 radical (unpaired) electrons. The van der Waals surface area contributed by atoms with E-state index in [-0.39, 0.29) is 0 Å². The Balaban J connectivity index is 0.00000109. The summed E-state index contributed by atoms with van der Waals surface area (Å²) in [6.07, 6.45) is 13.6. The van der Waals surface area contributed by atoms with Crippen molar-refractivity contribution in [3.8, 4) is 0 Å². The average molecular weight is 328 g/mol. The predicted molar refractivity (Wildman–Crippen MR) is 114 cm³/mol. The normalized spacial score (nSPS) is 15.6. The summed E-state index contributed by atoms with van der Waals surface area (Å²) in [4.78, 5) is 0. The van der Waals surface area contributed by atoms with Crippen molar-refractivity contribution >= 4 is 16.3 Å². The van der Waals surface area contributed by atoms with Crippen LogP contribution in [0.4, 0.5) is 0 Å². The lowest BCUT2D eigenvalue weighted by atomic mass is 9.85. The summed E-state index contributed by atoms with van der Waals surface area (Å²) >= 11 is 0. The Kier molecular flexibility index (Phi) is 6.77. The van der Waals surface area contributed by atoms with Crippen molar-refractivity contribution in [3.05, 3.63) is 102 Å². The highest BCUT2D eigenvalue weighted by Crippen LogP contribution is 2.36. The van der Waals surface area contributed by atoms with E-state index in [0.29, 0.717) is 0 Å². The van der Waals surface area contributed by atoms with Crippen LogP contribution in [0.25, 0.3) is 16.3 Å². The van der Waals surface area contributed by atoms with E-state index < -0.39 is 0 Å². The number of hydrogen-bond acceptors (Lipinski definition) is 0. The van der Waals surface area contributed by atoms with E-state index in [1.165, 1.54) is 38.6 Å². The molecule has 3 rings (SSSR count). The number of hydrogen-bond donors (Lipinski definition) is 0. The molecule has 25 heavy (non-hydrogen) atoms. The lowest BCUT2D eigenvalue weighted by Crippen LogP contribution is -1.98. The first-order valence-corrected chi connectivity index (χ1v) is 9.07. The molecule has 0 aliphatic heterocycles. The lowest BCUT2D eigenvalue weighted by molar-refractivity contribution is 1.25. The first kappa shape index (κ1) is 18.7. The van der Waals surface area contributed by atoms with E-state index in [4.69, 9.17) is 0 Å². The van der Waals surface area contributed by atoms with Crippen LogP contribution >= 0.6 is 0 Å². The zero-order valence-corrected chi connectivity index (χ0v) is 15.8. The summed E-state index contributed by atoms with van der Waals surface area (Å²) in [5.74, 6) is 0. The minimum absolute atomic E-state index is 0.969. The molecule has 0 aromatic heterocycles. The molecule has 0 heterocycles. The SMILES string of the molecule is C=C/C=C(C)\C(=C1\C=CC=CC1)c1c(C)ccc2ccccc12.CC. The topological polar surface area (TPSA) is 0 Å². The van der Waals surface area contributed by atoms with Crippen molar-refractivity contribution in [2.24, 2.45) is 0 Å². The standard InChI is InChI=1S/C23H22.C2H6/c1-4-10-17(2)22(20-12-6-5-7-13-20)23-18(3)15-16-19-11-8-9-14-21(19)23;1-2/h4-12,14-16H,1,13H2,2-3H3;1-2H3/b17-10-,22-20+;. The van der Waals surface area contributed by atoms with Crippen molar-refractivity contribution in [3.63, 3.8) is 0 Å². The van der Waals surface area contributed by atoms with Gasteiger partial charge >= 0.3 is 0 Å². The van der Waals surface area contributed by atoms with E-state index in [9.17, 15) is 0 Å². The second kappa shape index (κ2) is 9.03. The smallest absolute Gasteiger partial charge is 0.00706 e. The molecule has 0 spiro atoms. The maximum atomic E-state index is 3.88. The van der Waals surface area contributed by atoms with Crippen LogP contribution in [0.1, 0.15) is 38.3 Å². The van der Waals surface area contributed by atoms with Gasteiger partial charge in [0.1, 0.15) is 0 Å². The molecule has 2 aromatic rings. The molecule has 0 bridgehead atoms. The molecular weight excluding hydrogens is 300 g/mol. The summed E-state index contributed by atoms with van der Waals surface area (Å²) in [7, 11) is 0. The van der Waals surface area contributed by atoms with Crippen molar-refractivity contribution in [1.82, 2.24) is 0 Å².